The molecular formula is C26H32N4O4. The molecule has 0 fully saturated rings. The number of aliphatic hydroxyl groups is 1. The zero-order chi connectivity index (χ0) is 24.6. The van der Waals surface area contributed by atoms with Gasteiger partial charge in [-0.25, -0.2) is 0 Å². The Hall–Kier alpha value is -3.52. The molecule has 1 aromatic heterocycles. The summed E-state index contributed by atoms with van der Waals surface area (Å²) in [6.45, 7) is 5.43. The highest BCUT2D eigenvalue weighted by atomic mass is 16.5. The van der Waals surface area contributed by atoms with Crippen molar-refractivity contribution in [3.8, 4) is 11.1 Å². The summed E-state index contributed by atoms with van der Waals surface area (Å²) >= 11 is 0. The number of amides is 1. The second-order valence-electron chi connectivity index (χ2n) is 9.21. The zero-order valence-corrected chi connectivity index (χ0v) is 19.8. The number of esters is 1. The van der Waals surface area contributed by atoms with Gasteiger partial charge in [-0.3, -0.25) is 9.59 Å². The van der Waals surface area contributed by atoms with Crippen molar-refractivity contribution >= 4 is 11.9 Å². The van der Waals surface area contributed by atoms with Crippen LogP contribution in [-0.4, -0.2) is 51.6 Å². The number of rotatable bonds is 11. The predicted molar refractivity (Wildman–Crippen MR) is 129 cm³/mol. The van der Waals surface area contributed by atoms with Crippen LogP contribution in [0.15, 0.2) is 60.8 Å². The van der Waals surface area contributed by atoms with Crippen LogP contribution in [0.1, 0.15) is 43.2 Å². The molecule has 8 nitrogen and oxygen atoms in total. The number of carbonyl (C=O) groups excluding carboxylic acids is 2. The van der Waals surface area contributed by atoms with Gasteiger partial charge >= 0.3 is 5.97 Å². The highest BCUT2D eigenvalue weighted by Crippen LogP contribution is 2.27. The summed E-state index contributed by atoms with van der Waals surface area (Å²) < 4.78 is 5.41. The lowest BCUT2D eigenvalue weighted by Crippen LogP contribution is -2.45. The minimum absolute atomic E-state index is 0.150. The van der Waals surface area contributed by atoms with E-state index in [1.54, 1.807) is 6.92 Å². The highest BCUT2D eigenvalue weighted by Gasteiger charge is 2.37. The van der Waals surface area contributed by atoms with Crippen molar-refractivity contribution in [1.29, 1.82) is 0 Å². The fourth-order valence-electron chi connectivity index (χ4n) is 3.67. The lowest BCUT2D eigenvalue weighted by molar-refractivity contribution is -0.159. The van der Waals surface area contributed by atoms with Crippen LogP contribution in [0, 0.1) is 11.3 Å². The SMILES string of the molecule is CC(C)COC(=O)[C@](C)(CO)C[C@@H](Cc1ccc(-c2ccccc2)cc1)NC(=O)c1cn[nH]n1. The highest BCUT2D eigenvalue weighted by molar-refractivity contribution is 5.92. The third kappa shape index (κ3) is 6.74. The summed E-state index contributed by atoms with van der Waals surface area (Å²) in [6, 6.07) is 17.7. The summed E-state index contributed by atoms with van der Waals surface area (Å²) in [6.07, 6.45) is 2.00. The Morgan fingerprint density at radius 2 is 1.76 bits per heavy atom. The molecule has 0 saturated heterocycles. The van der Waals surface area contributed by atoms with Crippen LogP contribution in [0.3, 0.4) is 0 Å². The molecular weight excluding hydrogens is 432 g/mol. The number of hydrogen-bond acceptors (Lipinski definition) is 6. The molecule has 0 aliphatic rings. The molecule has 0 bridgehead atoms. The third-order valence-electron chi connectivity index (χ3n) is 5.61. The van der Waals surface area contributed by atoms with E-state index in [9.17, 15) is 14.7 Å². The smallest absolute Gasteiger partial charge is 0.314 e. The number of nitrogens with one attached hydrogen (secondary N) is 2. The second kappa shape index (κ2) is 11.6. The molecule has 34 heavy (non-hydrogen) atoms. The van der Waals surface area contributed by atoms with Crippen LogP contribution < -0.4 is 5.32 Å². The molecule has 3 N–H and O–H groups in total. The summed E-state index contributed by atoms with van der Waals surface area (Å²) in [4.78, 5) is 25.5. The molecule has 1 heterocycles. The average Bonchev–Trinajstić information content (AvgIpc) is 3.38. The van der Waals surface area contributed by atoms with Crippen LogP contribution in [0.4, 0.5) is 0 Å². The van der Waals surface area contributed by atoms with Gasteiger partial charge in [0.2, 0.25) is 0 Å². The molecule has 0 radical (unpaired) electrons. The van der Waals surface area contributed by atoms with Crippen molar-refractivity contribution < 1.29 is 19.4 Å². The molecule has 180 valence electrons. The van der Waals surface area contributed by atoms with Gasteiger partial charge in [-0.05, 0) is 42.4 Å². The minimum Gasteiger partial charge on any atom is -0.465 e. The standard InChI is InChI=1S/C26H32N4O4/c1-18(2)16-34-25(33)26(3,17-31)14-22(28-24(32)23-15-27-30-29-23)13-19-9-11-21(12-10-19)20-7-5-4-6-8-20/h4-12,15,18,22,31H,13-14,16-17H2,1-3H3,(H,28,32)(H,27,29,30)/t22-,26+/m1/s1. The Kier molecular flexibility index (Phi) is 8.54. The lowest BCUT2D eigenvalue weighted by Gasteiger charge is -2.30. The summed E-state index contributed by atoms with van der Waals surface area (Å²) in [5.41, 5.74) is 2.18. The Balaban J connectivity index is 1.78. The Morgan fingerprint density at radius 3 is 2.35 bits per heavy atom. The Morgan fingerprint density at radius 1 is 1.09 bits per heavy atom. The van der Waals surface area contributed by atoms with Crippen molar-refractivity contribution in [2.75, 3.05) is 13.2 Å². The third-order valence-corrected chi connectivity index (χ3v) is 5.61. The first-order chi connectivity index (χ1) is 16.3. The Bertz CT molecular complexity index is 1050. The van der Waals surface area contributed by atoms with E-state index >= 15 is 0 Å². The number of carbonyl (C=O) groups is 2. The van der Waals surface area contributed by atoms with Gasteiger partial charge in [-0.1, -0.05) is 68.4 Å². The van der Waals surface area contributed by atoms with E-state index in [1.807, 2.05) is 68.4 Å². The molecule has 2 atom stereocenters. The lowest BCUT2D eigenvalue weighted by atomic mass is 9.82. The topological polar surface area (TPSA) is 117 Å². The van der Waals surface area contributed by atoms with Crippen molar-refractivity contribution in [3.63, 3.8) is 0 Å². The molecule has 0 saturated carbocycles. The van der Waals surface area contributed by atoms with E-state index in [2.05, 4.69) is 20.7 Å². The maximum atomic E-state index is 12.8. The summed E-state index contributed by atoms with van der Waals surface area (Å²) in [5.74, 6) is -0.711. The van der Waals surface area contributed by atoms with Gasteiger partial charge in [0.25, 0.3) is 5.91 Å². The number of nitrogens with zero attached hydrogens (tertiary/aromatic N) is 2. The monoisotopic (exact) mass is 464 g/mol. The van der Waals surface area contributed by atoms with E-state index in [0.29, 0.717) is 6.42 Å². The van der Waals surface area contributed by atoms with Gasteiger partial charge in [-0.15, -0.1) is 0 Å². The van der Waals surface area contributed by atoms with Crippen LogP contribution >= 0.6 is 0 Å². The van der Waals surface area contributed by atoms with Gasteiger partial charge in [0.15, 0.2) is 5.69 Å². The van der Waals surface area contributed by atoms with Crippen molar-refractivity contribution in [2.24, 2.45) is 11.3 Å². The van der Waals surface area contributed by atoms with Crippen LogP contribution in [-0.2, 0) is 16.0 Å². The molecule has 8 heteroatoms. The fourth-order valence-corrected chi connectivity index (χ4v) is 3.67. The van der Waals surface area contributed by atoms with Crippen LogP contribution in [0.25, 0.3) is 11.1 Å². The molecule has 3 rings (SSSR count). The number of benzene rings is 2. The zero-order valence-electron chi connectivity index (χ0n) is 19.8. The van der Waals surface area contributed by atoms with Crippen molar-refractivity contribution in [2.45, 2.75) is 39.7 Å². The Labute approximate surface area is 199 Å². The first-order valence-electron chi connectivity index (χ1n) is 11.4. The normalized spacial score (nSPS) is 13.8. The number of aromatic nitrogens is 3. The first kappa shape index (κ1) is 25.1. The first-order valence-corrected chi connectivity index (χ1v) is 11.4. The molecule has 0 spiro atoms. The largest absolute Gasteiger partial charge is 0.465 e. The fraction of sp³-hybridized carbons (Fsp3) is 0.385. The molecule has 1 amide bonds. The van der Waals surface area contributed by atoms with E-state index in [-0.39, 0.29) is 24.6 Å². The molecule has 0 aliphatic carbocycles. The summed E-state index contributed by atoms with van der Waals surface area (Å²) in [7, 11) is 0. The van der Waals surface area contributed by atoms with Crippen molar-refractivity contribution in [1.82, 2.24) is 20.7 Å². The van der Waals surface area contributed by atoms with Gasteiger partial charge in [-0.2, -0.15) is 15.4 Å². The second-order valence-corrected chi connectivity index (χ2v) is 9.21. The number of aromatic amines is 1. The van der Waals surface area contributed by atoms with Crippen LogP contribution in [0.2, 0.25) is 0 Å². The van der Waals surface area contributed by atoms with E-state index in [0.717, 1.165) is 16.7 Å². The van der Waals surface area contributed by atoms with E-state index in [4.69, 9.17) is 4.74 Å². The van der Waals surface area contributed by atoms with Crippen LogP contribution in [0.5, 0.6) is 0 Å². The molecule has 3 aromatic rings. The van der Waals surface area contributed by atoms with Gasteiger partial charge in [0, 0.05) is 6.04 Å². The van der Waals surface area contributed by atoms with Gasteiger partial charge < -0.3 is 15.2 Å². The van der Waals surface area contributed by atoms with Gasteiger partial charge in [0.05, 0.1) is 24.8 Å². The van der Waals surface area contributed by atoms with Crippen molar-refractivity contribution in [3.05, 3.63) is 72.1 Å². The van der Waals surface area contributed by atoms with Gasteiger partial charge in [0.1, 0.15) is 0 Å². The summed E-state index contributed by atoms with van der Waals surface area (Å²) in [5, 5.41) is 23.0. The maximum Gasteiger partial charge on any atom is 0.314 e. The number of hydrogen-bond donors (Lipinski definition) is 3. The van der Waals surface area contributed by atoms with E-state index < -0.39 is 29.9 Å². The molecule has 0 aliphatic heterocycles. The number of ether oxygens (including phenoxy) is 1. The predicted octanol–water partition coefficient (Wildman–Crippen LogP) is 3.40. The molecule has 0 unspecified atom stereocenters. The maximum absolute atomic E-state index is 12.8. The van der Waals surface area contributed by atoms with E-state index in [1.165, 1.54) is 6.20 Å². The quantitative estimate of drug-likeness (QED) is 0.375. The number of H-pyrrole nitrogens is 1. The minimum atomic E-state index is -1.17. The average molecular weight is 465 g/mol. The number of aliphatic hydroxyl groups excluding tert-OH is 1. The molecule has 2 aromatic carbocycles.